The van der Waals surface area contributed by atoms with Gasteiger partial charge in [-0.15, -0.1) is 0 Å². The summed E-state index contributed by atoms with van der Waals surface area (Å²) >= 11 is 0. The van der Waals surface area contributed by atoms with E-state index in [1.54, 1.807) is 0 Å². The number of hydrogen-bond acceptors (Lipinski definition) is 4. The van der Waals surface area contributed by atoms with E-state index >= 15 is 0 Å². The predicted octanol–water partition coefficient (Wildman–Crippen LogP) is 2.25. The number of nitrogens with one attached hydrogen (secondary N) is 1. The van der Waals surface area contributed by atoms with Gasteiger partial charge in [0.2, 0.25) is 0 Å². The topological polar surface area (TPSA) is 81.9 Å². The second kappa shape index (κ2) is 6.05. The SMILES string of the molecule is CC(CC(C)C)=NNC(=O)c1ccc(O)cc1O. The van der Waals surface area contributed by atoms with Crippen LogP contribution in [0.25, 0.3) is 0 Å². The van der Waals surface area contributed by atoms with Crippen molar-refractivity contribution in [1.29, 1.82) is 0 Å². The number of hydrogen-bond donors (Lipinski definition) is 3. The molecule has 0 saturated heterocycles. The molecule has 0 radical (unpaired) electrons. The Bertz CT molecular complexity index is 467. The number of phenolic OH excluding ortho intramolecular Hbond substituents is 2. The van der Waals surface area contributed by atoms with Crippen molar-refractivity contribution in [3.05, 3.63) is 23.8 Å². The summed E-state index contributed by atoms with van der Waals surface area (Å²) in [6.45, 7) is 5.95. The highest BCUT2D eigenvalue weighted by Crippen LogP contribution is 2.22. The predicted molar refractivity (Wildman–Crippen MR) is 69.8 cm³/mol. The van der Waals surface area contributed by atoms with E-state index in [1.165, 1.54) is 12.1 Å². The molecule has 18 heavy (non-hydrogen) atoms. The van der Waals surface area contributed by atoms with Crippen LogP contribution in [-0.4, -0.2) is 21.8 Å². The van der Waals surface area contributed by atoms with Gasteiger partial charge in [0.15, 0.2) is 0 Å². The summed E-state index contributed by atoms with van der Waals surface area (Å²) in [6, 6.07) is 3.78. The second-order valence-electron chi connectivity index (χ2n) is 4.59. The van der Waals surface area contributed by atoms with Crippen molar-refractivity contribution in [3.63, 3.8) is 0 Å². The highest BCUT2D eigenvalue weighted by Gasteiger charge is 2.11. The minimum Gasteiger partial charge on any atom is -0.508 e. The zero-order valence-corrected chi connectivity index (χ0v) is 10.8. The van der Waals surface area contributed by atoms with Crippen molar-refractivity contribution in [2.45, 2.75) is 27.2 Å². The van der Waals surface area contributed by atoms with Crippen LogP contribution in [0.15, 0.2) is 23.3 Å². The number of rotatable bonds is 4. The normalized spacial score (nSPS) is 11.7. The molecule has 0 aliphatic heterocycles. The van der Waals surface area contributed by atoms with Gasteiger partial charge in [0.25, 0.3) is 5.91 Å². The Labute approximate surface area is 106 Å². The molecule has 3 N–H and O–H groups in total. The molecular formula is C13H18N2O3. The van der Waals surface area contributed by atoms with Crippen LogP contribution in [0.2, 0.25) is 0 Å². The molecular weight excluding hydrogens is 232 g/mol. The molecule has 0 aliphatic carbocycles. The Kier molecular flexibility index (Phi) is 4.71. The molecule has 1 rings (SSSR count). The Morgan fingerprint density at radius 3 is 2.61 bits per heavy atom. The third-order valence-electron chi connectivity index (χ3n) is 2.28. The van der Waals surface area contributed by atoms with Crippen LogP contribution < -0.4 is 5.43 Å². The van der Waals surface area contributed by atoms with Gasteiger partial charge in [0.05, 0.1) is 5.56 Å². The Hall–Kier alpha value is -2.04. The van der Waals surface area contributed by atoms with Crippen molar-refractivity contribution in [2.75, 3.05) is 0 Å². The van der Waals surface area contributed by atoms with Crippen LogP contribution in [0.5, 0.6) is 11.5 Å². The highest BCUT2D eigenvalue weighted by atomic mass is 16.3. The van der Waals surface area contributed by atoms with Crippen molar-refractivity contribution in [2.24, 2.45) is 11.0 Å². The van der Waals surface area contributed by atoms with Gasteiger partial charge in [-0.05, 0) is 31.4 Å². The number of benzene rings is 1. The number of carbonyl (C=O) groups excluding carboxylic acids is 1. The van der Waals surface area contributed by atoms with Crippen molar-refractivity contribution in [1.82, 2.24) is 5.43 Å². The summed E-state index contributed by atoms with van der Waals surface area (Å²) in [5, 5.41) is 22.6. The molecule has 1 aromatic rings. The largest absolute Gasteiger partial charge is 0.508 e. The summed E-state index contributed by atoms with van der Waals surface area (Å²) in [5.74, 6) is -0.406. The number of nitrogens with zero attached hydrogens (tertiary/aromatic N) is 1. The molecule has 98 valence electrons. The molecule has 1 aromatic carbocycles. The first-order chi connectivity index (χ1) is 8.40. The lowest BCUT2D eigenvalue weighted by atomic mass is 10.1. The van der Waals surface area contributed by atoms with Gasteiger partial charge in [-0.25, -0.2) is 5.43 Å². The summed E-state index contributed by atoms with van der Waals surface area (Å²) in [6.07, 6.45) is 0.793. The molecule has 0 fully saturated rings. The van der Waals surface area contributed by atoms with Crippen molar-refractivity contribution < 1.29 is 15.0 Å². The first-order valence-electron chi connectivity index (χ1n) is 5.75. The summed E-state index contributed by atoms with van der Waals surface area (Å²) in [5.41, 5.74) is 3.27. The Morgan fingerprint density at radius 1 is 1.39 bits per heavy atom. The number of carbonyl (C=O) groups is 1. The van der Waals surface area contributed by atoms with Gasteiger partial charge in [-0.3, -0.25) is 4.79 Å². The molecule has 0 bridgehead atoms. The van der Waals surface area contributed by atoms with Crippen LogP contribution in [0.1, 0.15) is 37.6 Å². The third-order valence-corrected chi connectivity index (χ3v) is 2.28. The lowest BCUT2D eigenvalue weighted by molar-refractivity contribution is 0.0952. The molecule has 0 atom stereocenters. The van der Waals surface area contributed by atoms with Crippen LogP contribution in [-0.2, 0) is 0 Å². The standard InChI is InChI=1S/C13H18N2O3/c1-8(2)6-9(3)14-15-13(18)11-5-4-10(16)7-12(11)17/h4-5,7-8,16-17H,6H2,1-3H3,(H,15,18). The Balaban J connectivity index is 2.71. The number of hydrazone groups is 1. The van der Waals surface area contributed by atoms with E-state index in [2.05, 4.69) is 24.4 Å². The maximum atomic E-state index is 11.7. The highest BCUT2D eigenvalue weighted by molar-refractivity contribution is 5.97. The summed E-state index contributed by atoms with van der Waals surface area (Å²) < 4.78 is 0. The van der Waals surface area contributed by atoms with Gasteiger partial charge >= 0.3 is 0 Å². The minimum absolute atomic E-state index is 0.0777. The fraction of sp³-hybridized carbons (Fsp3) is 0.385. The lowest BCUT2D eigenvalue weighted by Gasteiger charge is -2.06. The molecule has 5 nitrogen and oxygen atoms in total. The zero-order valence-electron chi connectivity index (χ0n) is 10.8. The molecule has 5 heteroatoms. The maximum absolute atomic E-state index is 11.7. The monoisotopic (exact) mass is 250 g/mol. The molecule has 0 unspecified atom stereocenters. The number of aromatic hydroxyl groups is 2. The van der Waals surface area contributed by atoms with Gasteiger partial charge in [-0.1, -0.05) is 13.8 Å². The molecule has 1 amide bonds. The molecule has 0 heterocycles. The van der Waals surface area contributed by atoms with E-state index in [0.29, 0.717) is 5.92 Å². The number of amides is 1. The fourth-order valence-electron chi connectivity index (χ4n) is 1.55. The Morgan fingerprint density at radius 2 is 2.06 bits per heavy atom. The van der Waals surface area contributed by atoms with Crippen LogP contribution in [0.3, 0.4) is 0 Å². The molecule has 0 saturated carbocycles. The van der Waals surface area contributed by atoms with E-state index in [0.717, 1.165) is 18.2 Å². The minimum atomic E-state index is -0.504. The van der Waals surface area contributed by atoms with Crippen LogP contribution >= 0.6 is 0 Å². The van der Waals surface area contributed by atoms with E-state index in [4.69, 9.17) is 5.11 Å². The fourth-order valence-corrected chi connectivity index (χ4v) is 1.55. The smallest absolute Gasteiger partial charge is 0.275 e. The van der Waals surface area contributed by atoms with E-state index in [9.17, 15) is 9.90 Å². The average Bonchev–Trinajstić information content (AvgIpc) is 2.25. The number of phenols is 2. The van der Waals surface area contributed by atoms with E-state index < -0.39 is 5.91 Å². The molecule has 0 spiro atoms. The first kappa shape index (κ1) is 14.0. The van der Waals surface area contributed by atoms with Gasteiger partial charge in [0.1, 0.15) is 11.5 Å². The van der Waals surface area contributed by atoms with Gasteiger partial charge in [0, 0.05) is 11.8 Å². The van der Waals surface area contributed by atoms with E-state index in [1.807, 2.05) is 6.92 Å². The lowest BCUT2D eigenvalue weighted by Crippen LogP contribution is -2.19. The van der Waals surface area contributed by atoms with Gasteiger partial charge in [-0.2, -0.15) is 5.10 Å². The van der Waals surface area contributed by atoms with Crippen molar-refractivity contribution >= 4 is 11.6 Å². The maximum Gasteiger partial charge on any atom is 0.275 e. The van der Waals surface area contributed by atoms with Crippen molar-refractivity contribution in [3.8, 4) is 11.5 Å². The van der Waals surface area contributed by atoms with Crippen LogP contribution in [0, 0.1) is 5.92 Å². The summed E-state index contributed by atoms with van der Waals surface area (Å²) in [4.78, 5) is 11.7. The van der Waals surface area contributed by atoms with E-state index in [-0.39, 0.29) is 17.1 Å². The second-order valence-corrected chi connectivity index (χ2v) is 4.59. The quantitative estimate of drug-likeness (QED) is 0.566. The van der Waals surface area contributed by atoms with Gasteiger partial charge < -0.3 is 10.2 Å². The summed E-state index contributed by atoms with van der Waals surface area (Å²) in [7, 11) is 0. The molecule has 0 aromatic heterocycles. The van der Waals surface area contributed by atoms with Crippen LogP contribution in [0.4, 0.5) is 0 Å². The first-order valence-corrected chi connectivity index (χ1v) is 5.75. The zero-order chi connectivity index (χ0) is 13.7. The third kappa shape index (κ3) is 4.08. The average molecular weight is 250 g/mol. The molecule has 0 aliphatic rings.